The quantitative estimate of drug-likeness (QED) is 0.921. The highest BCUT2D eigenvalue weighted by atomic mass is 32.1. The van der Waals surface area contributed by atoms with E-state index in [0.717, 1.165) is 12.8 Å². The van der Waals surface area contributed by atoms with E-state index in [-0.39, 0.29) is 5.91 Å². The van der Waals surface area contributed by atoms with Crippen molar-refractivity contribution in [3.8, 4) is 16.5 Å². The molecule has 0 atom stereocenters. The van der Waals surface area contributed by atoms with Gasteiger partial charge in [0.15, 0.2) is 0 Å². The Morgan fingerprint density at radius 1 is 1.29 bits per heavy atom. The van der Waals surface area contributed by atoms with Crippen molar-refractivity contribution < 1.29 is 4.79 Å². The summed E-state index contributed by atoms with van der Waals surface area (Å²) in [6.45, 7) is 3.40. The number of rotatable bonds is 2. The van der Waals surface area contributed by atoms with Crippen LogP contribution in [-0.2, 0) is 12.8 Å². The van der Waals surface area contributed by atoms with E-state index < -0.39 is 5.54 Å². The lowest BCUT2D eigenvalue weighted by molar-refractivity contribution is 0.0933. The molecular weight excluding hydrogens is 280 g/mol. The van der Waals surface area contributed by atoms with Crippen molar-refractivity contribution in [1.29, 1.82) is 5.26 Å². The van der Waals surface area contributed by atoms with Gasteiger partial charge in [-0.3, -0.25) is 4.79 Å². The van der Waals surface area contributed by atoms with Gasteiger partial charge < -0.3 is 5.32 Å². The summed E-state index contributed by atoms with van der Waals surface area (Å²) in [5.41, 5.74) is 2.97. The number of benzene rings is 1. The van der Waals surface area contributed by atoms with Crippen molar-refractivity contribution >= 4 is 17.2 Å². The van der Waals surface area contributed by atoms with Gasteiger partial charge in [0.1, 0.15) is 5.54 Å². The predicted molar refractivity (Wildman–Crippen MR) is 84.3 cm³/mol. The zero-order valence-electron chi connectivity index (χ0n) is 12.1. The summed E-state index contributed by atoms with van der Waals surface area (Å²) >= 11 is 1.52. The molecule has 106 valence electrons. The molecule has 21 heavy (non-hydrogen) atoms. The number of amides is 1. The summed E-state index contributed by atoms with van der Waals surface area (Å²) in [6.07, 6.45) is 1.99. The molecule has 1 N–H and O–H groups in total. The van der Waals surface area contributed by atoms with E-state index in [0.29, 0.717) is 4.88 Å². The van der Waals surface area contributed by atoms with Crippen LogP contribution in [0.2, 0.25) is 0 Å². The fourth-order valence-electron chi connectivity index (χ4n) is 2.56. The first-order valence-electron chi connectivity index (χ1n) is 6.95. The first-order valence-corrected chi connectivity index (χ1v) is 7.76. The van der Waals surface area contributed by atoms with Gasteiger partial charge in [0.05, 0.1) is 10.9 Å². The van der Waals surface area contributed by atoms with Crippen molar-refractivity contribution in [2.75, 3.05) is 0 Å². The van der Waals surface area contributed by atoms with Gasteiger partial charge in [0.25, 0.3) is 5.91 Å². The highest BCUT2D eigenvalue weighted by Gasteiger charge is 2.24. The number of nitriles is 1. The molecule has 1 aromatic carbocycles. The molecule has 0 saturated heterocycles. The Labute approximate surface area is 128 Å². The van der Waals surface area contributed by atoms with Crippen LogP contribution in [0.1, 0.15) is 34.6 Å². The van der Waals surface area contributed by atoms with E-state index in [1.165, 1.54) is 32.9 Å². The summed E-state index contributed by atoms with van der Waals surface area (Å²) in [5, 5.41) is 11.8. The second kappa shape index (κ2) is 5.01. The van der Waals surface area contributed by atoms with Gasteiger partial charge in [0, 0.05) is 4.88 Å². The molecule has 0 unspecified atom stereocenters. The third-order valence-electron chi connectivity index (χ3n) is 3.66. The fourth-order valence-corrected chi connectivity index (χ4v) is 3.72. The maximum Gasteiger partial charge on any atom is 0.262 e. The molecule has 0 bridgehead atoms. The van der Waals surface area contributed by atoms with Crippen LogP contribution in [0.5, 0.6) is 0 Å². The first kappa shape index (κ1) is 13.8. The number of carbonyl (C=O) groups excluding carboxylic acids is 1. The van der Waals surface area contributed by atoms with Gasteiger partial charge in [-0.15, -0.1) is 11.3 Å². The van der Waals surface area contributed by atoms with Crippen molar-refractivity contribution in [3.63, 3.8) is 0 Å². The zero-order chi connectivity index (χ0) is 15.0. The minimum absolute atomic E-state index is 0.168. The molecule has 0 radical (unpaired) electrons. The smallest absolute Gasteiger partial charge is 0.262 e. The van der Waals surface area contributed by atoms with Crippen LogP contribution in [0.4, 0.5) is 0 Å². The Bertz CT molecular complexity index is 752. The van der Waals surface area contributed by atoms with Crippen LogP contribution >= 0.6 is 11.3 Å². The van der Waals surface area contributed by atoms with Crippen LogP contribution < -0.4 is 5.32 Å². The number of aryl methyl sites for hydroxylation is 2. The number of hydrogen-bond acceptors (Lipinski definition) is 3. The molecule has 4 heteroatoms. The Morgan fingerprint density at radius 3 is 2.76 bits per heavy atom. The number of carbonyl (C=O) groups is 1. The Morgan fingerprint density at radius 2 is 2.00 bits per heavy atom. The van der Waals surface area contributed by atoms with Crippen LogP contribution in [0.25, 0.3) is 10.4 Å². The van der Waals surface area contributed by atoms with Gasteiger partial charge in [-0.2, -0.15) is 5.26 Å². The van der Waals surface area contributed by atoms with Crippen LogP contribution in [0.15, 0.2) is 30.3 Å². The third-order valence-corrected chi connectivity index (χ3v) is 4.87. The molecule has 1 aliphatic rings. The maximum absolute atomic E-state index is 12.3. The lowest BCUT2D eigenvalue weighted by Crippen LogP contribution is -2.41. The van der Waals surface area contributed by atoms with E-state index in [1.807, 2.05) is 12.1 Å². The summed E-state index contributed by atoms with van der Waals surface area (Å²) in [5.74, 6) is -0.168. The van der Waals surface area contributed by atoms with Gasteiger partial charge in [0.2, 0.25) is 0 Å². The molecule has 1 heterocycles. The Kier molecular flexibility index (Phi) is 3.30. The number of nitrogens with one attached hydrogen (secondary N) is 1. The average molecular weight is 296 g/mol. The second-order valence-electron chi connectivity index (χ2n) is 5.81. The number of hydrogen-bond donors (Lipinski definition) is 1. The van der Waals surface area contributed by atoms with E-state index in [4.69, 9.17) is 5.26 Å². The summed E-state index contributed by atoms with van der Waals surface area (Å²) in [7, 11) is 0. The van der Waals surface area contributed by atoms with Crippen molar-refractivity contribution in [2.24, 2.45) is 0 Å². The standard InChI is InChI=1S/C17H16N2OS/c1-17(2,10-18)19-16(20)14-9-12-8-7-11-5-3-4-6-13(11)15(12)21-14/h3-6,9H,7-8H2,1-2H3,(H,19,20). The molecule has 3 rings (SSSR count). The van der Waals surface area contributed by atoms with E-state index >= 15 is 0 Å². The van der Waals surface area contributed by atoms with Gasteiger partial charge >= 0.3 is 0 Å². The summed E-state index contributed by atoms with van der Waals surface area (Å²) < 4.78 is 0. The normalized spacial score (nSPS) is 13.0. The van der Waals surface area contributed by atoms with E-state index in [2.05, 4.69) is 29.6 Å². The minimum atomic E-state index is -0.848. The SMILES string of the molecule is CC(C)(C#N)NC(=O)c1cc2c(s1)-c1ccccc1CC2. The number of thiophene rings is 1. The maximum atomic E-state index is 12.3. The molecule has 1 aromatic heterocycles. The Balaban J connectivity index is 1.95. The molecule has 0 aliphatic heterocycles. The minimum Gasteiger partial charge on any atom is -0.334 e. The third kappa shape index (κ3) is 2.57. The average Bonchev–Trinajstić information content (AvgIpc) is 2.91. The highest BCUT2D eigenvalue weighted by Crippen LogP contribution is 2.39. The molecule has 0 saturated carbocycles. The molecular formula is C17H16N2OS. The predicted octanol–water partition coefficient (Wildman–Crippen LogP) is 3.55. The van der Waals surface area contributed by atoms with E-state index in [9.17, 15) is 4.79 Å². The van der Waals surface area contributed by atoms with Gasteiger partial charge in [-0.1, -0.05) is 24.3 Å². The summed E-state index contributed by atoms with van der Waals surface area (Å²) in [6, 6.07) is 12.4. The first-order chi connectivity index (χ1) is 10.00. The van der Waals surface area contributed by atoms with Crippen LogP contribution in [0, 0.1) is 11.3 Å². The van der Waals surface area contributed by atoms with Crippen molar-refractivity contribution in [1.82, 2.24) is 5.32 Å². The van der Waals surface area contributed by atoms with Crippen LogP contribution in [-0.4, -0.2) is 11.4 Å². The largest absolute Gasteiger partial charge is 0.334 e. The lowest BCUT2D eigenvalue weighted by Gasteiger charge is -2.16. The van der Waals surface area contributed by atoms with Gasteiger partial charge in [-0.25, -0.2) is 0 Å². The Hall–Kier alpha value is -2.12. The topological polar surface area (TPSA) is 52.9 Å². The second-order valence-corrected chi connectivity index (χ2v) is 6.87. The highest BCUT2D eigenvalue weighted by molar-refractivity contribution is 7.17. The van der Waals surface area contributed by atoms with Crippen molar-refractivity contribution in [3.05, 3.63) is 46.3 Å². The lowest BCUT2D eigenvalue weighted by atomic mass is 9.91. The molecule has 0 fully saturated rings. The molecule has 2 aromatic rings. The fraction of sp³-hybridized carbons (Fsp3) is 0.294. The number of nitrogens with zero attached hydrogens (tertiary/aromatic N) is 1. The van der Waals surface area contributed by atoms with Crippen molar-refractivity contribution in [2.45, 2.75) is 32.2 Å². The number of fused-ring (bicyclic) bond motifs is 3. The summed E-state index contributed by atoms with van der Waals surface area (Å²) in [4.78, 5) is 14.2. The molecule has 0 spiro atoms. The van der Waals surface area contributed by atoms with E-state index in [1.54, 1.807) is 13.8 Å². The van der Waals surface area contributed by atoms with Gasteiger partial charge in [-0.05, 0) is 49.4 Å². The monoisotopic (exact) mass is 296 g/mol. The zero-order valence-corrected chi connectivity index (χ0v) is 12.9. The molecule has 3 nitrogen and oxygen atoms in total. The molecule has 1 aliphatic carbocycles. The molecule has 1 amide bonds. The van der Waals surface area contributed by atoms with Crippen LogP contribution in [0.3, 0.4) is 0 Å².